The van der Waals surface area contributed by atoms with Crippen LogP contribution in [0.3, 0.4) is 0 Å². The highest BCUT2D eigenvalue weighted by Crippen LogP contribution is 2.20. The van der Waals surface area contributed by atoms with Gasteiger partial charge in [-0.15, -0.1) is 0 Å². The SMILES string of the molecule is Cc1ccc(C(CN)CCOc2cccc(C)c2)cc1. The van der Waals surface area contributed by atoms with Gasteiger partial charge in [0.15, 0.2) is 0 Å². The van der Waals surface area contributed by atoms with Gasteiger partial charge >= 0.3 is 0 Å². The Balaban J connectivity index is 1.89. The minimum Gasteiger partial charge on any atom is -0.494 e. The molecule has 0 aliphatic rings. The van der Waals surface area contributed by atoms with Crippen molar-refractivity contribution in [3.8, 4) is 5.75 Å². The van der Waals surface area contributed by atoms with Crippen LogP contribution in [0.15, 0.2) is 48.5 Å². The van der Waals surface area contributed by atoms with E-state index in [0.29, 0.717) is 19.1 Å². The molecule has 2 aromatic carbocycles. The van der Waals surface area contributed by atoms with Crippen LogP contribution in [0, 0.1) is 13.8 Å². The number of hydrogen-bond acceptors (Lipinski definition) is 2. The van der Waals surface area contributed by atoms with Gasteiger partial charge in [0.1, 0.15) is 5.75 Å². The fraction of sp³-hybridized carbons (Fsp3) is 0.333. The maximum absolute atomic E-state index is 5.89. The van der Waals surface area contributed by atoms with Gasteiger partial charge in [-0.1, -0.05) is 42.0 Å². The minimum atomic E-state index is 0.361. The molecule has 2 nitrogen and oxygen atoms in total. The lowest BCUT2D eigenvalue weighted by Crippen LogP contribution is -2.15. The molecule has 0 heterocycles. The van der Waals surface area contributed by atoms with Crippen LogP contribution >= 0.6 is 0 Å². The summed E-state index contributed by atoms with van der Waals surface area (Å²) in [5.74, 6) is 1.30. The Bertz CT molecular complexity index is 533. The van der Waals surface area contributed by atoms with Crippen LogP contribution in [0.1, 0.15) is 29.0 Å². The second kappa shape index (κ2) is 7.11. The third kappa shape index (κ3) is 4.10. The zero-order chi connectivity index (χ0) is 14.4. The molecule has 20 heavy (non-hydrogen) atoms. The minimum absolute atomic E-state index is 0.361. The van der Waals surface area contributed by atoms with Crippen LogP contribution in [-0.2, 0) is 0 Å². The Morgan fingerprint density at radius 2 is 1.75 bits per heavy atom. The van der Waals surface area contributed by atoms with E-state index in [1.165, 1.54) is 16.7 Å². The zero-order valence-corrected chi connectivity index (χ0v) is 12.3. The standard InChI is InChI=1S/C18H23NO/c1-14-6-8-16(9-7-14)17(13-19)10-11-20-18-5-3-4-15(2)12-18/h3-9,12,17H,10-11,13,19H2,1-2H3. The molecule has 2 rings (SSSR count). The molecular formula is C18H23NO. The van der Waals surface area contributed by atoms with E-state index in [2.05, 4.69) is 50.2 Å². The van der Waals surface area contributed by atoms with Crippen molar-refractivity contribution in [3.05, 3.63) is 65.2 Å². The molecule has 0 aliphatic carbocycles. The van der Waals surface area contributed by atoms with Gasteiger partial charge in [0, 0.05) is 0 Å². The van der Waals surface area contributed by atoms with E-state index in [4.69, 9.17) is 10.5 Å². The van der Waals surface area contributed by atoms with Gasteiger partial charge in [-0.3, -0.25) is 0 Å². The first-order chi connectivity index (χ1) is 9.69. The van der Waals surface area contributed by atoms with E-state index in [1.54, 1.807) is 0 Å². The Morgan fingerprint density at radius 3 is 2.40 bits per heavy atom. The highest BCUT2D eigenvalue weighted by atomic mass is 16.5. The summed E-state index contributed by atoms with van der Waals surface area (Å²) in [6.07, 6.45) is 0.938. The smallest absolute Gasteiger partial charge is 0.119 e. The number of nitrogens with two attached hydrogens (primary N) is 1. The van der Waals surface area contributed by atoms with Gasteiger partial charge in [0.25, 0.3) is 0 Å². The molecule has 0 amide bonds. The van der Waals surface area contributed by atoms with E-state index in [-0.39, 0.29) is 0 Å². The third-order valence-corrected chi connectivity index (χ3v) is 3.56. The van der Waals surface area contributed by atoms with Crippen LogP contribution in [0.2, 0.25) is 0 Å². The van der Waals surface area contributed by atoms with Crippen molar-refractivity contribution in [1.82, 2.24) is 0 Å². The highest BCUT2D eigenvalue weighted by molar-refractivity contribution is 5.27. The first-order valence-electron chi connectivity index (χ1n) is 7.15. The second-order valence-corrected chi connectivity index (χ2v) is 5.30. The van der Waals surface area contributed by atoms with Crippen molar-refractivity contribution in [2.75, 3.05) is 13.2 Å². The Morgan fingerprint density at radius 1 is 1.00 bits per heavy atom. The summed E-state index contributed by atoms with van der Waals surface area (Å²) in [6.45, 7) is 5.52. The monoisotopic (exact) mass is 269 g/mol. The normalized spacial score (nSPS) is 12.2. The predicted octanol–water partition coefficient (Wildman–Crippen LogP) is 3.81. The molecule has 0 saturated carbocycles. The van der Waals surface area contributed by atoms with E-state index < -0.39 is 0 Å². The summed E-state index contributed by atoms with van der Waals surface area (Å²) >= 11 is 0. The van der Waals surface area contributed by atoms with E-state index in [9.17, 15) is 0 Å². The summed E-state index contributed by atoms with van der Waals surface area (Å²) in [7, 11) is 0. The van der Waals surface area contributed by atoms with Crippen LogP contribution in [-0.4, -0.2) is 13.2 Å². The van der Waals surface area contributed by atoms with Gasteiger partial charge < -0.3 is 10.5 Å². The molecule has 1 atom stereocenters. The summed E-state index contributed by atoms with van der Waals surface area (Å²) < 4.78 is 5.81. The summed E-state index contributed by atoms with van der Waals surface area (Å²) in [5, 5.41) is 0. The molecule has 0 bridgehead atoms. The number of hydrogen-bond donors (Lipinski definition) is 1. The molecule has 2 heteroatoms. The van der Waals surface area contributed by atoms with E-state index >= 15 is 0 Å². The summed E-state index contributed by atoms with van der Waals surface area (Å²) in [6, 6.07) is 16.8. The molecule has 0 saturated heterocycles. The third-order valence-electron chi connectivity index (χ3n) is 3.56. The molecule has 0 spiro atoms. The average Bonchev–Trinajstić information content (AvgIpc) is 2.45. The fourth-order valence-electron chi connectivity index (χ4n) is 2.28. The van der Waals surface area contributed by atoms with Gasteiger partial charge in [-0.2, -0.15) is 0 Å². The molecule has 2 aromatic rings. The number of rotatable bonds is 6. The number of aryl methyl sites for hydroxylation is 2. The predicted molar refractivity (Wildman–Crippen MR) is 84.3 cm³/mol. The Hall–Kier alpha value is -1.80. The topological polar surface area (TPSA) is 35.2 Å². The van der Waals surface area contributed by atoms with E-state index in [0.717, 1.165) is 12.2 Å². The molecular weight excluding hydrogens is 246 g/mol. The lowest BCUT2D eigenvalue weighted by atomic mass is 9.95. The molecule has 106 valence electrons. The van der Waals surface area contributed by atoms with Crippen molar-refractivity contribution < 1.29 is 4.74 Å². The Kier molecular flexibility index (Phi) is 5.19. The van der Waals surface area contributed by atoms with Gasteiger partial charge in [-0.25, -0.2) is 0 Å². The first-order valence-corrected chi connectivity index (χ1v) is 7.15. The van der Waals surface area contributed by atoms with Crippen LogP contribution in [0.4, 0.5) is 0 Å². The molecule has 0 aromatic heterocycles. The van der Waals surface area contributed by atoms with Crippen LogP contribution < -0.4 is 10.5 Å². The van der Waals surface area contributed by atoms with Crippen molar-refractivity contribution in [1.29, 1.82) is 0 Å². The van der Waals surface area contributed by atoms with Crippen molar-refractivity contribution in [2.24, 2.45) is 5.73 Å². The van der Waals surface area contributed by atoms with E-state index in [1.807, 2.05) is 12.1 Å². The maximum atomic E-state index is 5.89. The van der Waals surface area contributed by atoms with Gasteiger partial charge in [-0.05, 0) is 56.0 Å². The lowest BCUT2D eigenvalue weighted by Gasteiger charge is -2.16. The molecule has 0 fully saturated rings. The lowest BCUT2D eigenvalue weighted by molar-refractivity contribution is 0.298. The summed E-state index contributed by atoms with van der Waals surface area (Å²) in [4.78, 5) is 0. The largest absolute Gasteiger partial charge is 0.494 e. The molecule has 2 N–H and O–H groups in total. The second-order valence-electron chi connectivity index (χ2n) is 5.30. The van der Waals surface area contributed by atoms with Gasteiger partial charge in [0.2, 0.25) is 0 Å². The fourth-order valence-corrected chi connectivity index (χ4v) is 2.28. The number of ether oxygens (including phenoxy) is 1. The average molecular weight is 269 g/mol. The zero-order valence-electron chi connectivity index (χ0n) is 12.3. The molecule has 0 aliphatic heterocycles. The van der Waals surface area contributed by atoms with Crippen LogP contribution in [0.25, 0.3) is 0 Å². The first kappa shape index (κ1) is 14.6. The summed E-state index contributed by atoms with van der Waals surface area (Å²) in [5.41, 5.74) is 9.69. The number of benzene rings is 2. The molecule has 1 unspecified atom stereocenters. The Labute approximate surface area is 121 Å². The molecule has 0 radical (unpaired) electrons. The maximum Gasteiger partial charge on any atom is 0.119 e. The van der Waals surface area contributed by atoms with Crippen molar-refractivity contribution in [3.63, 3.8) is 0 Å². The van der Waals surface area contributed by atoms with Crippen molar-refractivity contribution in [2.45, 2.75) is 26.2 Å². The van der Waals surface area contributed by atoms with Crippen molar-refractivity contribution >= 4 is 0 Å². The highest BCUT2D eigenvalue weighted by Gasteiger charge is 2.09. The van der Waals surface area contributed by atoms with Gasteiger partial charge in [0.05, 0.1) is 6.61 Å². The quantitative estimate of drug-likeness (QED) is 0.865. The van der Waals surface area contributed by atoms with Crippen LogP contribution in [0.5, 0.6) is 5.75 Å².